The quantitative estimate of drug-likeness (QED) is 0.611. The predicted octanol–water partition coefficient (Wildman–Crippen LogP) is 5.89. The molecule has 0 radical (unpaired) electrons. The lowest BCUT2D eigenvalue weighted by molar-refractivity contribution is 0.185. The SMILES string of the molecule is CC(C)(C)[Si](C)(C)O[C@@H]1CC=C(Br)c2ccccc21. The van der Waals surface area contributed by atoms with E-state index in [0.717, 1.165) is 6.42 Å². The lowest BCUT2D eigenvalue weighted by Gasteiger charge is -2.40. The maximum atomic E-state index is 6.59. The molecule has 2 rings (SSSR count). The number of halogens is 1. The molecule has 1 nitrogen and oxygen atoms in total. The summed E-state index contributed by atoms with van der Waals surface area (Å²) in [7, 11) is -1.73. The van der Waals surface area contributed by atoms with Crippen LogP contribution in [-0.4, -0.2) is 8.32 Å². The Balaban J connectivity index is 2.30. The first-order valence-corrected chi connectivity index (χ1v) is 10.6. The number of rotatable bonds is 2. The van der Waals surface area contributed by atoms with Crippen LogP contribution < -0.4 is 0 Å². The van der Waals surface area contributed by atoms with E-state index in [9.17, 15) is 0 Å². The Hall–Kier alpha value is -0.383. The van der Waals surface area contributed by atoms with Crippen molar-refractivity contribution in [1.29, 1.82) is 0 Å². The summed E-state index contributed by atoms with van der Waals surface area (Å²) in [5, 5.41) is 0.250. The third kappa shape index (κ3) is 3.04. The Morgan fingerprint density at radius 1 is 1.21 bits per heavy atom. The first-order valence-electron chi connectivity index (χ1n) is 6.85. The van der Waals surface area contributed by atoms with Crippen molar-refractivity contribution < 1.29 is 4.43 Å². The molecular formula is C16H23BrOSi. The van der Waals surface area contributed by atoms with Crippen molar-refractivity contribution in [1.82, 2.24) is 0 Å². The van der Waals surface area contributed by atoms with Crippen molar-refractivity contribution in [3.63, 3.8) is 0 Å². The number of hydrogen-bond donors (Lipinski definition) is 0. The molecule has 0 aliphatic heterocycles. The number of benzene rings is 1. The highest BCUT2D eigenvalue weighted by Gasteiger charge is 2.40. The molecule has 1 aromatic rings. The zero-order valence-electron chi connectivity index (χ0n) is 12.5. The minimum absolute atomic E-state index is 0.207. The molecule has 1 aromatic carbocycles. The molecule has 0 saturated heterocycles. The summed E-state index contributed by atoms with van der Waals surface area (Å²) < 4.78 is 7.78. The normalized spacial score (nSPS) is 19.9. The van der Waals surface area contributed by atoms with Crippen molar-refractivity contribution >= 4 is 28.7 Å². The summed E-state index contributed by atoms with van der Waals surface area (Å²) in [4.78, 5) is 0. The molecule has 0 bridgehead atoms. The van der Waals surface area contributed by atoms with Gasteiger partial charge in [-0.15, -0.1) is 0 Å². The van der Waals surface area contributed by atoms with Crippen LogP contribution in [0.1, 0.15) is 44.4 Å². The van der Waals surface area contributed by atoms with Crippen LogP contribution in [0.25, 0.3) is 4.48 Å². The van der Waals surface area contributed by atoms with Crippen LogP contribution in [0.2, 0.25) is 18.1 Å². The zero-order valence-corrected chi connectivity index (χ0v) is 15.0. The van der Waals surface area contributed by atoms with E-state index in [1.807, 2.05) is 0 Å². The summed E-state index contributed by atoms with van der Waals surface area (Å²) >= 11 is 3.65. The van der Waals surface area contributed by atoms with Gasteiger partial charge in [0, 0.05) is 4.48 Å². The van der Waals surface area contributed by atoms with Crippen molar-refractivity contribution in [3.8, 4) is 0 Å². The highest BCUT2D eigenvalue weighted by atomic mass is 79.9. The van der Waals surface area contributed by atoms with Gasteiger partial charge in [0.05, 0.1) is 6.10 Å². The van der Waals surface area contributed by atoms with E-state index < -0.39 is 8.32 Å². The van der Waals surface area contributed by atoms with Crippen molar-refractivity contribution in [3.05, 3.63) is 41.5 Å². The smallest absolute Gasteiger partial charge is 0.192 e. The molecular weight excluding hydrogens is 316 g/mol. The zero-order chi connectivity index (χ0) is 14.3. The second kappa shape index (κ2) is 5.19. The van der Waals surface area contributed by atoms with Gasteiger partial charge in [-0.3, -0.25) is 0 Å². The van der Waals surface area contributed by atoms with Gasteiger partial charge in [-0.25, -0.2) is 0 Å². The van der Waals surface area contributed by atoms with Crippen molar-refractivity contribution in [2.24, 2.45) is 0 Å². The van der Waals surface area contributed by atoms with Crippen LogP contribution in [0.3, 0.4) is 0 Å². The average molecular weight is 339 g/mol. The van der Waals surface area contributed by atoms with Gasteiger partial charge in [0.1, 0.15) is 0 Å². The average Bonchev–Trinajstić information content (AvgIpc) is 2.32. The molecule has 1 aliphatic rings. The molecule has 104 valence electrons. The Labute approximate surface area is 126 Å². The maximum Gasteiger partial charge on any atom is 0.192 e. The highest BCUT2D eigenvalue weighted by Crippen LogP contribution is 2.44. The number of fused-ring (bicyclic) bond motifs is 1. The van der Waals surface area contributed by atoms with E-state index in [1.165, 1.54) is 15.6 Å². The summed E-state index contributed by atoms with van der Waals surface area (Å²) in [5.41, 5.74) is 2.60. The lowest BCUT2D eigenvalue weighted by atomic mass is 9.95. The van der Waals surface area contributed by atoms with Crippen LogP contribution >= 0.6 is 15.9 Å². The van der Waals surface area contributed by atoms with Crippen molar-refractivity contribution in [2.75, 3.05) is 0 Å². The molecule has 0 fully saturated rings. The van der Waals surface area contributed by atoms with E-state index in [1.54, 1.807) is 0 Å². The largest absolute Gasteiger partial charge is 0.410 e. The molecule has 19 heavy (non-hydrogen) atoms. The van der Waals surface area contributed by atoms with Gasteiger partial charge in [-0.1, -0.05) is 67.0 Å². The Morgan fingerprint density at radius 3 is 2.47 bits per heavy atom. The molecule has 1 atom stereocenters. The summed E-state index contributed by atoms with van der Waals surface area (Å²) in [5.74, 6) is 0. The van der Waals surface area contributed by atoms with E-state index in [4.69, 9.17) is 4.43 Å². The Morgan fingerprint density at radius 2 is 1.84 bits per heavy atom. The van der Waals surface area contributed by atoms with E-state index in [0.29, 0.717) is 0 Å². The van der Waals surface area contributed by atoms with Crippen LogP contribution in [-0.2, 0) is 4.43 Å². The molecule has 0 N–H and O–H groups in total. The second-order valence-electron chi connectivity index (χ2n) is 6.74. The predicted molar refractivity (Wildman–Crippen MR) is 89.0 cm³/mol. The van der Waals surface area contributed by atoms with Crippen LogP contribution in [0.5, 0.6) is 0 Å². The minimum atomic E-state index is -1.73. The first kappa shape index (κ1) is 15.0. The maximum absolute atomic E-state index is 6.59. The van der Waals surface area contributed by atoms with Gasteiger partial charge in [-0.05, 0) is 35.7 Å². The molecule has 3 heteroatoms. The molecule has 0 aromatic heterocycles. The molecule has 0 unspecified atom stereocenters. The Kier molecular flexibility index (Phi) is 4.10. The fraction of sp³-hybridized carbons (Fsp3) is 0.500. The topological polar surface area (TPSA) is 9.23 Å². The van der Waals surface area contributed by atoms with E-state index in [-0.39, 0.29) is 11.1 Å². The molecule has 0 saturated carbocycles. The highest BCUT2D eigenvalue weighted by molar-refractivity contribution is 9.15. The van der Waals surface area contributed by atoms with Gasteiger partial charge < -0.3 is 4.43 Å². The van der Waals surface area contributed by atoms with Gasteiger partial charge in [0.25, 0.3) is 0 Å². The minimum Gasteiger partial charge on any atom is -0.410 e. The fourth-order valence-corrected chi connectivity index (χ4v) is 3.92. The van der Waals surface area contributed by atoms with Gasteiger partial charge in [-0.2, -0.15) is 0 Å². The van der Waals surface area contributed by atoms with Crippen molar-refractivity contribution in [2.45, 2.75) is 51.4 Å². The van der Waals surface area contributed by atoms with Crippen LogP contribution in [0.4, 0.5) is 0 Å². The van der Waals surface area contributed by atoms with Crippen LogP contribution in [0, 0.1) is 0 Å². The van der Waals surface area contributed by atoms with Crippen LogP contribution in [0.15, 0.2) is 30.3 Å². The molecule has 0 spiro atoms. The van der Waals surface area contributed by atoms with E-state index in [2.05, 4.69) is 80.1 Å². The van der Waals surface area contributed by atoms with Gasteiger partial charge in [0.2, 0.25) is 0 Å². The second-order valence-corrected chi connectivity index (χ2v) is 12.4. The van der Waals surface area contributed by atoms with Gasteiger partial charge in [0.15, 0.2) is 8.32 Å². The third-order valence-electron chi connectivity index (χ3n) is 4.32. The molecule has 1 aliphatic carbocycles. The third-order valence-corrected chi connectivity index (χ3v) is 9.56. The summed E-state index contributed by atoms with van der Waals surface area (Å²) in [6.45, 7) is 11.5. The number of hydrogen-bond acceptors (Lipinski definition) is 1. The molecule has 0 heterocycles. The van der Waals surface area contributed by atoms with E-state index >= 15 is 0 Å². The standard InChI is InChI=1S/C16H23BrOSi/c1-16(2,3)19(4,5)18-15-11-10-14(17)12-8-6-7-9-13(12)15/h6-10,15H,11H2,1-5H3/t15-/m1/s1. The summed E-state index contributed by atoms with van der Waals surface area (Å²) in [6.07, 6.45) is 3.41. The fourth-order valence-electron chi connectivity index (χ4n) is 2.09. The Bertz CT molecular complexity index is 500. The molecule has 0 amide bonds. The lowest BCUT2D eigenvalue weighted by Crippen LogP contribution is -2.42. The monoisotopic (exact) mass is 338 g/mol. The summed E-state index contributed by atoms with van der Waals surface area (Å²) in [6, 6.07) is 8.55. The van der Waals surface area contributed by atoms with Gasteiger partial charge >= 0.3 is 0 Å². The first-order chi connectivity index (χ1) is 8.72.